The highest BCUT2D eigenvalue weighted by molar-refractivity contribution is 6.05. The average Bonchev–Trinajstić information content (AvgIpc) is 2.54. The maximum absolute atomic E-state index is 12.3. The van der Waals surface area contributed by atoms with Crippen LogP contribution in [0.15, 0.2) is 48.5 Å². The Balaban J connectivity index is 2.09. The van der Waals surface area contributed by atoms with Crippen molar-refractivity contribution in [2.24, 2.45) is 0 Å². The number of carbonyl (C=O) groups excluding carboxylic acids is 3. The monoisotopic (exact) mass is 324 g/mol. The van der Waals surface area contributed by atoms with E-state index in [1.54, 1.807) is 48.5 Å². The number of amides is 2. The molecule has 124 valence electrons. The van der Waals surface area contributed by atoms with Crippen LogP contribution in [0.4, 0.5) is 5.69 Å². The molecule has 0 bridgehead atoms. The lowest BCUT2D eigenvalue weighted by atomic mass is 10.1. The summed E-state index contributed by atoms with van der Waals surface area (Å²) in [5.74, 6) is -0.538. The molecular weight excluding hydrogens is 304 g/mol. The van der Waals surface area contributed by atoms with Crippen molar-refractivity contribution in [3.05, 3.63) is 65.2 Å². The van der Waals surface area contributed by atoms with Gasteiger partial charge in [0.2, 0.25) is 0 Å². The van der Waals surface area contributed by atoms with Gasteiger partial charge in [0.05, 0.1) is 0 Å². The number of hydrogen-bond acceptors (Lipinski definition) is 3. The third-order valence-corrected chi connectivity index (χ3v) is 3.36. The molecule has 0 atom stereocenters. The molecule has 0 aromatic heterocycles. The van der Waals surface area contributed by atoms with Crippen molar-refractivity contribution in [2.75, 3.05) is 5.32 Å². The average molecular weight is 324 g/mol. The fourth-order valence-corrected chi connectivity index (χ4v) is 2.14. The van der Waals surface area contributed by atoms with Crippen LogP contribution in [-0.2, 0) is 0 Å². The number of carbonyl (C=O) groups is 3. The summed E-state index contributed by atoms with van der Waals surface area (Å²) in [6.07, 6.45) is 0. The van der Waals surface area contributed by atoms with Crippen molar-refractivity contribution in [2.45, 2.75) is 26.8 Å². The van der Waals surface area contributed by atoms with Crippen molar-refractivity contribution < 1.29 is 14.4 Å². The van der Waals surface area contributed by atoms with Crippen molar-refractivity contribution in [3.8, 4) is 0 Å². The Bertz CT molecular complexity index is 764. The number of hydrogen-bond donors (Lipinski definition) is 2. The minimum absolute atomic E-state index is 0.0500. The molecule has 5 nitrogen and oxygen atoms in total. The quantitative estimate of drug-likeness (QED) is 0.829. The Kier molecular flexibility index (Phi) is 5.47. The van der Waals surface area contributed by atoms with Gasteiger partial charge in [0.1, 0.15) is 0 Å². The molecule has 0 heterocycles. The molecule has 2 N–H and O–H groups in total. The van der Waals surface area contributed by atoms with Crippen LogP contribution in [0, 0.1) is 0 Å². The predicted octanol–water partition coefficient (Wildman–Crippen LogP) is 3.28. The van der Waals surface area contributed by atoms with Crippen molar-refractivity contribution >= 4 is 23.3 Å². The number of nitrogens with one attached hydrogen (secondary N) is 2. The number of rotatable bonds is 5. The van der Waals surface area contributed by atoms with E-state index in [0.717, 1.165) is 0 Å². The van der Waals surface area contributed by atoms with Crippen LogP contribution >= 0.6 is 0 Å². The van der Waals surface area contributed by atoms with Gasteiger partial charge in [-0.1, -0.05) is 12.1 Å². The van der Waals surface area contributed by atoms with Gasteiger partial charge >= 0.3 is 0 Å². The third kappa shape index (κ3) is 4.52. The lowest BCUT2D eigenvalue weighted by molar-refractivity contribution is 0.0940. The second-order valence-corrected chi connectivity index (χ2v) is 5.80. The molecule has 0 radical (unpaired) electrons. The van der Waals surface area contributed by atoms with E-state index in [4.69, 9.17) is 0 Å². The molecule has 2 aromatic carbocycles. The van der Waals surface area contributed by atoms with Crippen molar-refractivity contribution in [1.29, 1.82) is 0 Å². The van der Waals surface area contributed by atoms with E-state index in [-0.39, 0.29) is 23.6 Å². The first-order valence-electron chi connectivity index (χ1n) is 7.70. The van der Waals surface area contributed by atoms with E-state index in [0.29, 0.717) is 22.4 Å². The molecule has 0 aliphatic rings. The highest BCUT2D eigenvalue weighted by Gasteiger charge is 2.10. The molecule has 0 spiro atoms. The maximum atomic E-state index is 12.3. The molecule has 2 rings (SSSR count). The van der Waals surface area contributed by atoms with Crippen LogP contribution < -0.4 is 10.6 Å². The van der Waals surface area contributed by atoms with Crippen LogP contribution in [0.5, 0.6) is 0 Å². The first kappa shape index (κ1) is 17.4. The van der Waals surface area contributed by atoms with E-state index < -0.39 is 0 Å². The molecule has 2 aromatic rings. The summed E-state index contributed by atoms with van der Waals surface area (Å²) in [5.41, 5.74) is 2.02. The SMILES string of the molecule is CC(=O)c1cccc(NC(=O)c2ccc(C(=O)NC(C)C)cc2)c1. The Hall–Kier alpha value is -2.95. The molecule has 5 heteroatoms. The smallest absolute Gasteiger partial charge is 0.255 e. The molecule has 0 saturated carbocycles. The number of ketones is 1. The van der Waals surface area contributed by atoms with Gasteiger partial charge in [-0.25, -0.2) is 0 Å². The van der Waals surface area contributed by atoms with Gasteiger partial charge in [0.25, 0.3) is 11.8 Å². The number of Topliss-reactive ketones (excluding diaryl/α,β-unsaturated/α-hetero) is 1. The zero-order chi connectivity index (χ0) is 17.7. The zero-order valence-electron chi connectivity index (χ0n) is 13.9. The summed E-state index contributed by atoms with van der Waals surface area (Å²) in [6.45, 7) is 5.24. The fraction of sp³-hybridized carbons (Fsp3) is 0.211. The van der Waals surface area contributed by atoms with Crippen LogP contribution in [0.25, 0.3) is 0 Å². The summed E-state index contributed by atoms with van der Waals surface area (Å²) in [4.78, 5) is 35.5. The van der Waals surface area contributed by atoms with Gasteiger partial charge < -0.3 is 10.6 Å². The molecule has 2 amide bonds. The van der Waals surface area contributed by atoms with Gasteiger partial charge in [-0.15, -0.1) is 0 Å². The van der Waals surface area contributed by atoms with E-state index in [2.05, 4.69) is 10.6 Å². The second-order valence-electron chi connectivity index (χ2n) is 5.80. The van der Waals surface area contributed by atoms with E-state index in [9.17, 15) is 14.4 Å². The number of benzene rings is 2. The largest absolute Gasteiger partial charge is 0.350 e. The molecule has 0 aliphatic heterocycles. The van der Waals surface area contributed by atoms with Gasteiger partial charge in [0, 0.05) is 28.4 Å². The summed E-state index contributed by atoms with van der Waals surface area (Å²) < 4.78 is 0. The highest BCUT2D eigenvalue weighted by atomic mass is 16.2. The highest BCUT2D eigenvalue weighted by Crippen LogP contribution is 2.13. The summed E-state index contributed by atoms with van der Waals surface area (Å²) >= 11 is 0. The minimum Gasteiger partial charge on any atom is -0.350 e. The first-order valence-corrected chi connectivity index (χ1v) is 7.70. The summed E-state index contributed by atoms with van der Waals surface area (Å²) in [6, 6.07) is 13.2. The fourth-order valence-electron chi connectivity index (χ4n) is 2.14. The summed E-state index contributed by atoms with van der Waals surface area (Å²) in [5, 5.41) is 5.54. The van der Waals surface area contributed by atoms with Gasteiger partial charge in [0.15, 0.2) is 5.78 Å². The number of anilines is 1. The standard InChI is InChI=1S/C19H20N2O3/c1-12(2)20-18(23)14-7-9-15(10-8-14)19(24)21-17-6-4-5-16(11-17)13(3)22/h4-12H,1-3H3,(H,20,23)(H,21,24). The Morgan fingerprint density at radius 1 is 0.833 bits per heavy atom. The van der Waals surface area contributed by atoms with Crippen molar-refractivity contribution in [1.82, 2.24) is 5.32 Å². The first-order chi connectivity index (χ1) is 11.4. The van der Waals surface area contributed by atoms with E-state index >= 15 is 0 Å². The van der Waals surface area contributed by atoms with Crippen LogP contribution in [-0.4, -0.2) is 23.6 Å². The molecule has 0 saturated heterocycles. The molecule has 0 fully saturated rings. The van der Waals surface area contributed by atoms with Gasteiger partial charge in [-0.3, -0.25) is 14.4 Å². The Morgan fingerprint density at radius 3 is 1.96 bits per heavy atom. The maximum Gasteiger partial charge on any atom is 0.255 e. The van der Waals surface area contributed by atoms with Crippen LogP contribution in [0.1, 0.15) is 51.8 Å². The van der Waals surface area contributed by atoms with Gasteiger partial charge in [-0.05, 0) is 57.2 Å². The molecular formula is C19H20N2O3. The normalized spacial score (nSPS) is 10.3. The predicted molar refractivity (Wildman–Crippen MR) is 93.4 cm³/mol. The van der Waals surface area contributed by atoms with E-state index in [1.807, 2.05) is 13.8 Å². The van der Waals surface area contributed by atoms with Crippen molar-refractivity contribution in [3.63, 3.8) is 0 Å². The molecule has 0 aliphatic carbocycles. The van der Waals surface area contributed by atoms with Crippen LogP contribution in [0.2, 0.25) is 0 Å². The minimum atomic E-state index is -0.300. The van der Waals surface area contributed by atoms with E-state index in [1.165, 1.54) is 6.92 Å². The van der Waals surface area contributed by atoms with Gasteiger partial charge in [-0.2, -0.15) is 0 Å². The topological polar surface area (TPSA) is 75.3 Å². The third-order valence-electron chi connectivity index (χ3n) is 3.36. The Labute approximate surface area is 141 Å². The van der Waals surface area contributed by atoms with Crippen LogP contribution in [0.3, 0.4) is 0 Å². The molecule has 24 heavy (non-hydrogen) atoms. The lowest BCUT2D eigenvalue weighted by Gasteiger charge is -2.09. The zero-order valence-corrected chi connectivity index (χ0v) is 13.9. The molecule has 0 unspecified atom stereocenters. The lowest BCUT2D eigenvalue weighted by Crippen LogP contribution is -2.30. The Morgan fingerprint density at radius 2 is 1.42 bits per heavy atom. The summed E-state index contributed by atoms with van der Waals surface area (Å²) in [7, 11) is 0. The second kappa shape index (κ2) is 7.55.